The molecular weight excluding hydrogens is 250 g/mol. The molecule has 0 aromatic heterocycles. The standard InChI is InChI=1S/C9H8BrNO3/c10-5-1-2-7-6(3-5)11-4-8(14-7)9(12)13/h1-3,8,11H,4H2,(H,12,13). The second-order valence-electron chi connectivity index (χ2n) is 2.97. The maximum absolute atomic E-state index is 10.7. The summed E-state index contributed by atoms with van der Waals surface area (Å²) in [5.74, 6) is -0.377. The number of fused-ring (bicyclic) bond motifs is 1. The van der Waals surface area contributed by atoms with Gasteiger partial charge in [-0.15, -0.1) is 0 Å². The molecule has 74 valence electrons. The van der Waals surface area contributed by atoms with Crippen LogP contribution in [0.3, 0.4) is 0 Å². The molecule has 4 nitrogen and oxygen atoms in total. The van der Waals surface area contributed by atoms with E-state index in [9.17, 15) is 4.79 Å². The number of carboxylic acids is 1. The molecule has 14 heavy (non-hydrogen) atoms. The summed E-state index contributed by atoms with van der Waals surface area (Å²) < 4.78 is 6.20. The molecule has 1 heterocycles. The van der Waals surface area contributed by atoms with E-state index in [0.717, 1.165) is 10.2 Å². The normalized spacial score (nSPS) is 19.1. The van der Waals surface area contributed by atoms with E-state index in [2.05, 4.69) is 21.2 Å². The number of aliphatic carboxylic acids is 1. The van der Waals surface area contributed by atoms with Gasteiger partial charge < -0.3 is 15.2 Å². The van der Waals surface area contributed by atoms with Crippen molar-refractivity contribution in [2.45, 2.75) is 6.10 Å². The number of carboxylic acid groups (broad SMARTS) is 1. The first-order valence-electron chi connectivity index (χ1n) is 4.10. The second kappa shape index (κ2) is 3.49. The van der Waals surface area contributed by atoms with Crippen molar-refractivity contribution in [2.75, 3.05) is 11.9 Å². The van der Waals surface area contributed by atoms with Crippen LogP contribution in [0.25, 0.3) is 0 Å². The quantitative estimate of drug-likeness (QED) is 0.805. The van der Waals surface area contributed by atoms with Crippen molar-refractivity contribution in [3.8, 4) is 5.75 Å². The minimum atomic E-state index is -0.953. The maximum atomic E-state index is 10.7. The Labute approximate surface area is 89.0 Å². The highest BCUT2D eigenvalue weighted by atomic mass is 79.9. The van der Waals surface area contributed by atoms with Gasteiger partial charge in [0.1, 0.15) is 5.75 Å². The van der Waals surface area contributed by atoms with Gasteiger partial charge in [-0.25, -0.2) is 4.79 Å². The number of nitrogens with one attached hydrogen (secondary N) is 1. The Hall–Kier alpha value is -1.23. The van der Waals surface area contributed by atoms with Crippen LogP contribution in [0.1, 0.15) is 0 Å². The SMILES string of the molecule is O=C(O)C1CNc2cc(Br)ccc2O1. The summed E-state index contributed by atoms with van der Waals surface area (Å²) in [5.41, 5.74) is 0.817. The zero-order valence-electron chi connectivity index (χ0n) is 7.16. The van der Waals surface area contributed by atoms with Crippen molar-refractivity contribution in [1.82, 2.24) is 0 Å². The minimum absolute atomic E-state index is 0.290. The first-order valence-corrected chi connectivity index (χ1v) is 4.89. The zero-order chi connectivity index (χ0) is 10.1. The molecule has 0 aliphatic carbocycles. The molecule has 1 unspecified atom stereocenters. The lowest BCUT2D eigenvalue weighted by Crippen LogP contribution is -2.37. The van der Waals surface area contributed by atoms with E-state index in [1.165, 1.54) is 0 Å². The number of carbonyl (C=O) groups is 1. The molecule has 0 saturated carbocycles. The van der Waals surface area contributed by atoms with Crippen molar-refractivity contribution in [3.63, 3.8) is 0 Å². The summed E-state index contributed by atoms with van der Waals surface area (Å²) in [7, 11) is 0. The lowest BCUT2D eigenvalue weighted by Gasteiger charge is -2.24. The van der Waals surface area contributed by atoms with E-state index in [1.54, 1.807) is 6.07 Å². The van der Waals surface area contributed by atoms with Gasteiger partial charge in [0.05, 0.1) is 12.2 Å². The van der Waals surface area contributed by atoms with E-state index >= 15 is 0 Å². The first kappa shape index (κ1) is 9.33. The van der Waals surface area contributed by atoms with Crippen LogP contribution < -0.4 is 10.1 Å². The molecule has 0 saturated heterocycles. The topological polar surface area (TPSA) is 58.6 Å². The highest BCUT2D eigenvalue weighted by Crippen LogP contribution is 2.31. The van der Waals surface area contributed by atoms with E-state index in [0.29, 0.717) is 12.3 Å². The van der Waals surface area contributed by atoms with Crippen LogP contribution in [-0.2, 0) is 4.79 Å². The molecule has 0 amide bonds. The summed E-state index contributed by atoms with van der Waals surface area (Å²) in [6, 6.07) is 5.40. The molecule has 1 aromatic rings. The van der Waals surface area contributed by atoms with Crippen molar-refractivity contribution >= 4 is 27.6 Å². The number of ether oxygens (including phenoxy) is 1. The van der Waals surface area contributed by atoms with Gasteiger partial charge in [0.2, 0.25) is 6.10 Å². The number of anilines is 1. The van der Waals surface area contributed by atoms with Crippen LogP contribution in [-0.4, -0.2) is 23.7 Å². The van der Waals surface area contributed by atoms with Crippen molar-refractivity contribution < 1.29 is 14.6 Å². The molecule has 2 rings (SSSR count). The average molecular weight is 258 g/mol. The Bertz CT molecular complexity index is 380. The van der Waals surface area contributed by atoms with Gasteiger partial charge >= 0.3 is 5.97 Å². The third kappa shape index (κ3) is 1.68. The smallest absolute Gasteiger partial charge is 0.346 e. The molecule has 0 radical (unpaired) electrons. The van der Waals surface area contributed by atoms with Crippen LogP contribution in [0.2, 0.25) is 0 Å². The zero-order valence-corrected chi connectivity index (χ0v) is 8.74. The van der Waals surface area contributed by atoms with Crippen LogP contribution >= 0.6 is 15.9 Å². The highest BCUT2D eigenvalue weighted by Gasteiger charge is 2.24. The van der Waals surface area contributed by atoms with Crippen LogP contribution in [0.15, 0.2) is 22.7 Å². The minimum Gasteiger partial charge on any atom is -0.478 e. The molecule has 1 aliphatic heterocycles. The molecular formula is C9H8BrNO3. The number of hydrogen-bond acceptors (Lipinski definition) is 3. The summed E-state index contributed by atoms with van der Waals surface area (Å²) >= 11 is 3.32. The summed E-state index contributed by atoms with van der Waals surface area (Å²) in [6.45, 7) is 0.290. The predicted octanol–water partition coefficient (Wildman–Crippen LogP) is 1.71. The van der Waals surface area contributed by atoms with Gasteiger partial charge in [0.25, 0.3) is 0 Å². The largest absolute Gasteiger partial charge is 0.478 e. The summed E-state index contributed by atoms with van der Waals surface area (Å²) in [5, 5.41) is 11.7. The fourth-order valence-electron chi connectivity index (χ4n) is 1.28. The van der Waals surface area contributed by atoms with Crippen LogP contribution in [0, 0.1) is 0 Å². The van der Waals surface area contributed by atoms with Crippen molar-refractivity contribution in [1.29, 1.82) is 0 Å². The van der Waals surface area contributed by atoms with E-state index in [4.69, 9.17) is 9.84 Å². The third-order valence-corrected chi connectivity index (χ3v) is 2.46. The number of hydrogen-bond donors (Lipinski definition) is 2. The van der Waals surface area contributed by atoms with Crippen molar-refractivity contribution in [2.24, 2.45) is 0 Å². The van der Waals surface area contributed by atoms with E-state index in [-0.39, 0.29) is 0 Å². The number of rotatable bonds is 1. The number of halogens is 1. The monoisotopic (exact) mass is 257 g/mol. The molecule has 1 aromatic carbocycles. The lowest BCUT2D eigenvalue weighted by atomic mass is 10.2. The van der Waals surface area contributed by atoms with Gasteiger partial charge in [0, 0.05) is 4.47 Å². The molecule has 0 fully saturated rings. The van der Waals surface area contributed by atoms with E-state index in [1.807, 2.05) is 12.1 Å². The molecule has 5 heteroatoms. The highest BCUT2D eigenvalue weighted by molar-refractivity contribution is 9.10. The fourth-order valence-corrected chi connectivity index (χ4v) is 1.64. The molecule has 1 aliphatic rings. The Morgan fingerprint density at radius 2 is 2.43 bits per heavy atom. The summed E-state index contributed by atoms with van der Waals surface area (Å²) in [4.78, 5) is 10.7. The van der Waals surface area contributed by atoms with Gasteiger partial charge in [-0.1, -0.05) is 15.9 Å². The predicted molar refractivity (Wildman–Crippen MR) is 54.7 cm³/mol. The maximum Gasteiger partial charge on any atom is 0.346 e. The average Bonchev–Trinajstić information content (AvgIpc) is 2.16. The Balaban J connectivity index is 2.27. The molecule has 2 N–H and O–H groups in total. The van der Waals surface area contributed by atoms with Crippen molar-refractivity contribution in [3.05, 3.63) is 22.7 Å². The fraction of sp³-hybridized carbons (Fsp3) is 0.222. The number of benzene rings is 1. The summed E-state index contributed by atoms with van der Waals surface area (Å²) in [6.07, 6.45) is -0.802. The third-order valence-electron chi connectivity index (χ3n) is 1.96. The molecule has 1 atom stereocenters. The van der Waals surface area contributed by atoms with Gasteiger partial charge in [0.15, 0.2) is 0 Å². The second-order valence-corrected chi connectivity index (χ2v) is 3.88. The Kier molecular flexibility index (Phi) is 2.33. The Morgan fingerprint density at radius 3 is 3.14 bits per heavy atom. The molecule has 0 spiro atoms. The van der Waals surface area contributed by atoms with Gasteiger partial charge in [-0.3, -0.25) is 0 Å². The molecule has 0 bridgehead atoms. The Morgan fingerprint density at radius 1 is 1.64 bits per heavy atom. The van der Waals surface area contributed by atoms with Crippen LogP contribution in [0.5, 0.6) is 5.75 Å². The van der Waals surface area contributed by atoms with Gasteiger partial charge in [-0.2, -0.15) is 0 Å². The van der Waals surface area contributed by atoms with Crippen LogP contribution in [0.4, 0.5) is 5.69 Å². The van der Waals surface area contributed by atoms with Gasteiger partial charge in [-0.05, 0) is 18.2 Å². The van der Waals surface area contributed by atoms with E-state index < -0.39 is 12.1 Å². The lowest BCUT2D eigenvalue weighted by molar-refractivity contribution is -0.144. The first-order chi connectivity index (χ1) is 6.66.